The van der Waals surface area contributed by atoms with Gasteiger partial charge in [-0.25, -0.2) is 4.79 Å². The third-order valence-corrected chi connectivity index (χ3v) is 5.90. The molecular formula is C24H23N3O5S. The first kappa shape index (κ1) is 22.5. The van der Waals surface area contributed by atoms with Crippen molar-refractivity contribution in [2.75, 3.05) is 13.7 Å². The van der Waals surface area contributed by atoms with Gasteiger partial charge >= 0.3 is 11.9 Å². The van der Waals surface area contributed by atoms with E-state index in [1.54, 1.807) is 36.5 Å². The number of aromatic nitrogens is 1. The molecule has 2 aromatic heterocycles. The van der Waals surface area contributed by atoms with E-state index >= 15 is 0 Å². The van der Waals surface area contributed by atoms with Crippen LogP contribution in [0, 0.1) is 0 Å². The van der Waals surface area contributed by atoms with Crippen LogP contribution in [0.4, 0.5) is 0 Å². The minimum atomic E-state index is -1.02. The molecule has 2 atom stereocenters. The molecule has 1 aliphatic heterocycles. The van der Waals surface area contributed by atoms with Crippen molar-refractivity contribution in [3.05, 3.63) is 77.8 Å². The van der Waals surface area contributed by atoms with Crippen molar-refractivity contribution in [3.8, 4) is 11.3 Å². The first-order valence-corrected chi connectivity index (χ1v) is 10.9. The number of aromatic carboxylic acids is 1. The quantitative estimate of drug-likeness (QED) is 0.378. The predicted molar refractivity (Wildman–Crippen MR) is 125 cm³/mol. The summed E-state index contributed by atoms with van der Waals surface area (Å²) in [7, 11) is 1.36. The highest BCUT2D eigenvalue weighted by Gasteiger charge is 2.41. The molecule has 0 saturated carbocycles. The summed E-state index contributed by atoms with van der Waals surface area (Å²) in [5.41, 5.74) is 1.45. The summed E-state index contributed by atoms with van der Waals surface area (Å²) >= 11 is 5.61. The average molecular weight is 466 g/mol. The molecule has 1 fully saturated rings. The fourth-order valence-electron chi connectivity index (χ4n) is 3.99. The predicted octanol–water partition coefficient (Wildman–Crippen LogP) is 3.97. The van der Waals surface area contributed by atoms with Crippen molar-refractivity contribution in [2.24, 2.45) is 0 Å². The van der Waals surface area contributed by atoms with Crippen molar-refractivity contribution in [1.29, 1.82) is 0 Å². The van der Waals surface area contributed by atoms with Crippen LogP contribution in [-0.4, -0.2) is 45.7 Å². The Balaban J connectivity index is 1.68. The first-order chi connectivity index (χ1) is 16.0. The second-order valence-corrected chi connectivity index (χ2v) is 7.94. The number of thiocarbonyl (C=S) groups is 1. The SMILES string of the molecule is COC(=O)CCCN1C(=S)N[C@H](c2ccccn2)[C@H]1c1ccc(-c2ccccc2C(=O)O)o1. The van der Waals surface area contributed by atoms with Crippen LogP contribution >= 0.6 is 12.2 Å². The number of esters is 1. The maximum absolute atomic E-state index is 11.7. The van der Waals surface area contributed by atoms with Crippen LogP contribution in [0.3, 0.4) is 0 Å². The van der Waals surface area contributed by atoms with E-state index in [4.69, 9.17) is 21.4 Å². The van der Waals surface area contributed by atoms with Gasteiger partial charge in [-0.05, 0) is 49.0 Å². The Morgan fingerprint density at radius 2 is 1.97 bits per heavy atom. The Morgan fingerprint density at radius 3 is 2.70 bits per heavy atom. The fraction of sp³-hybridized carbons (Fsp3) is 0.250. The molecule has 4 rings (SSSR count). The van der Waals surface area contributed by atoms with Crippen molar-refractivity contribution in [2.45, 2.75) is 24.9 Å². The molecular weight excluding hydrogens is 442 g/mol. The number of carboxylic acids is 1. The number of carboxylic acid groups (broad SMARTS) is 1. The summed E-state index contributed by atoms with van der Waals surface area (Å²) in [5, 5.41) is 13.4. The van der Waals surface area contributed by atoms with Crippen LogP contribution in [0.25, 0.3) is 11.3 Å². The van der Waals surface area contributed by atoms with Crippen molar-refractivity contribution < 1.29 is 23.8 Å². The van der Waals surface area contributed by atoms with E-state index in [1.807, 2.05) is 29.2 Å². The summed E-state index contributed by atoms with van der Waals surface area (Å²) in [6.07, 6.45) is 2.54. The Labute approximate surface area is 196 Å². The van der Waals surface area contributed by atoms with Crippen LogP contribution < -0.4 is 5.32 Å². The minimum Gasteiger partial charge on any atom is -0.478 e. The molecule has 8 nitrogen and oxygen atoms in total. The maximum atomic E-state index is 11.7. The second-order valence-electron chi connectivity index (χ2n) is 7.55. The van der Waals surface area contributed by atoms with Gasteiger partial charge in [0.2, 0.25) is 0 Å². The van der Waals surface area contributed by atoms with Gasteiger partial charge in [-0.1, -0.05) is 24.3 Å². The molecule has 9 heteroatoms. The maximum Gasteiger partial charge on any atom is 0.336 e. The molecule has 2 N–H and O–H groups in total. The molecule has 1 aromatic carbocycles. The standard InChI is InChI=1S/C24H23N3O5S/c1-31-20(28)10-6-14-27-22(21(26-24(27)33)17-9-4-5-13-25-17)19-12-11-18(32-19)15-7-2-3-8-16(15)23(29)30/h2-5,7-9,11-13,21-22H,6,10,14H2,1H3,(H,26,33)(H,29,30)/t21-,22-/m1/s1. The van der Waals surface area contributed by atoms with Gasteiger partial charge in [0.15, 0.2) is 5.11 Å². The highest BCUT2D eigenvalue weighted by Crippen LogP contribution is 2.40. The van der Waals surface area contributed by atoms with E-state index in [0.717, 1.165) is 5.69 Å². The zero-order valence-electron chi connectivity index (χ0n) is 17.9. The molecule has 0 aliphatic carbocycles. The summed E-state index contributed by atoms with van der Waals surface area (Å²) in [4.78, 5) is 29.7. The van der Waals surface area contributed by atoms with E-state index in [0.29, 0.717) is 35.2 Å². The number of methoxy groups -OCH3 is 1. The van der Waals surface area contributed by atoms with Crippen LogP contribution in [0.15, 0.2) is 65.2 Å². The van der Waals surface area contributed by atoms with E-state index in [-0.39, 0.29) is 30.0 Å². The lowest BCUT2D eigenvalue weighted by molar-refractivity contribution is -0.140. The lowest BCUT2D eigenvalue weighted by Crippen LogP contribution is -2.30. The molecule has 33 heavy (non-hydrogen) atoms. The van der Waals surface area contributed by atoms with Crippen LogP contribution in [0.5, 0.6) is 0 Å². The van der Waals surface area contributed by atoms with Gasteiger partial charge in [0.25, 0.3) is 0 Å². The number of furan rings is 1. The van der Waals surface area contributed by atoms with Crippen molar-refractivity contribution in [1.82, 2.24) is 15.2 Å². The van der Waals surface area contributed by atoms with Crippen molar-refractivity contribution >= 4 is 29.3 Å². The normalized spacial score (nSPS) is 17.6. The molecule has 0 bridgehead atoms. The Morgan fingerprint density at radius 1 is 1.18 bits per heavy atom. The smallest absolute Gasteiger partial charge is 0.336 e. The molecule has 0 unspecified atom stereocenters. The number of carbonyl (C=O) groups is 2. The van der Waals surface area contributed by atoms with Gasteiger partial charge < -0.3 is 24.5 Å². The number of ether oxygens (including phenoxy) is 1. The van der Waals surface area contributed by atoms with Gasteiger partial charge in [-0.15, -0.1) is 0 Å². The Bertz CT molecular complexity index is 1160. The van der Waals surface area contributed by atoms with E-state index < -0.39 is 5.97 Å². The molecule has 0 radical (unpaired) electrons. The van der Waals surface area contributed by atoms with Gasteiger partial charge in [0.1, 0.15) is 17.6 Å². The highest BCUT2D eigenvalue weighted by atomic mass is 32.1. The Hall–Kier alpha value is -3.72. The molecule has 0 amide bonds. The number of nitrogens with zero attached hydrogens (tertiary/aromatic N) is 2. The number of rotatable bonds is 8. The number of carbonyl (C=O) groups excluding carboxylic acids is 1. The van der Waals surface area contributed by atoms with Gasteiger partial charge in [0, 0.05) is 24.7 Å². The second kappa shape index (κ2) is 9.83. The van der Waals surface area contributed by atoms with E-state index in [9.17, 15) is 14.7 Å². The molecule has 170 valence electrons. The topological polar surface area (TPSA) is 105 Å². The van der Waals surface area contributed by atoms with Crippen LogP contribution in [-0.2, 0) is 9.53 Å². The summed E-state index contributed by atoms with van der Waals surface area (Å²) in [5.74, 6) is -0.235. The summed E-state index contributed by atoms with van der Waals surface area (Å²) in [6.45, 7) is 0.511. The van der Waals surface area contributed by atoms with E-state index in [1.165, 1.54) is 7.11 Å². The van der Waals surface area contributed by atoms with Crippen LogP contribution in [0.2, 0.25) is 0 Å². The zero-order chi connectivity index (χ0) is 23.4. The fourth-order valence-corrected chi connectivity index (χ4v) is 4.32. The Kier molecular flexibility index (Phi) is 6.69. The zero-order valence-corrected chi connectivity index (χ0v) is 18.7. The molecule has 3 heterocycles. The highest BCUT2D eigenvalue weighted by molar-refractivity contribution is 7.80. The molecule has 1 aliphatic rings. The number of hydrogen-bond acceptors (Lipinski definition) is 6. The average Bonchev–Trinajstić information content (AvgIpc) is 3.44. The minimum absolute atomic E-state index is 0.162. The van der Waals surface area contributed by atoms with Crippen molar-refractivity contribution in [3.63, 3.8) is 0 Å². The third kappa shape index (κ3) is 4.73. The summed E-state index contributed by atoms with van der Waals surface area (Å²) < 4.78 is 10.9. The lowest BCUT2D eigenvalue weighted by atomic mass is 10.0. The van der Waals surface area contributed by atoms with Gasteiger partial charge in [0.05, 0.1) is 24.4 Å². The lowest BCUT2D eigenvalue weighted by Gasteiger charge is -2.25. The van der Waals surface area contributed by atoms with Gasteiger partial charge in [-0.2, -0.15) is 0 Å². The van der Waals surface area contributed by atoms with E-state index in [2.05, 4.69) is 10.3 Å². The van der Waals surface area contributed by atoms with Gasteiger partial charge in [-0.3, -0.25) is 9.78 Å². The first-order valence-electron chi connectivity index (χ1n) is 10.5. The molecule has 3 aromatic rings. The van der Waals surface area contributed by atoms with Crippen LogP contribution in [0.1, 0.15) is 46.7 Å². The number of benzene rings is 1. The number of hydrogen-bond donors (Lipinski definition) is 2. The summed E-state index contributed by atoms with van der Waals surface area (Å²) in [6, 6.07) is 15.4. The molecule has 0 spiro atoms. The number of pyridine rings is 1. The number of nitrogens with one attached hydrogen (secondary N) is 1. The largest absolute Gasteiger partial charge is 0.478 e. The molecule has 1 saturated heterocycles. The third-order valence-electron chi connectivity index (χ3n) is 5.55. The monoisotopic (exact) mass is 465 g/mol.